The molecule has 0 fully saturated rings. The second-order valence-electron chi connectivity index (χ2n) is 4.58. The zero-order valence-electron chi connectivity index (χ0n) is 11.0. The van der Waals surface area contributed by atoms with E-state index < -0.39 is 5.82 Å². The first kappa shape index (κ1) is 14.5. The van der Waals surface area contributed by atoms with Crippen LogP contribution in [0.5, 0.6) is 0 Å². The molecule has 0 aliphatic heterocycles. The Kier molecular flexibility index (Phi) is 4.73. The Balaban J connectivity index is 2.08. The van der Waals surface area contributed by atoms with E-state index in [0.717, 1.165) is 11.1 Å². The summed E-state index contributed by atoms with van der Waals surface area (Å²) in [5, 5.41) is 12.8. The molecule has 0 bridgehead atoms. The highest BCUT2D eigenvalue weighted by Gasteiger charge is 2.09. The van der Waals surface area contributed by atoms with Gasteiger partial charge in [-0.05, 0) is 42.3 Å². The van der Waals surface area contributed by atoms with Crippen molar-refractivity contribution < 1.29 is 4.39 Å². The van der Waals surface area contributed by atoms with E-state index in [1.165, 1.54) is 12.1 Å². The van der Waals surface area contributed by atoms with Crippen molar-refractivity contribution in [1.29, 1.82) is 5.26 Å². The monoisotopic (exact) mass is 288 g/mol. The van der Waals surface area contributed by atoms with Crippen LogP contribution in [0, 0.1) is 17.1 Å². The van der Waals surface area contributed by atoms with Crippen LogP contribution in [-0.4, -0.2) is 0 Å². The fraction of sp³-hybridized carbons (Fsp3) is 0.188. The third-order valence-electron chi connectivity index (χ3n) is 3.07. The summed E-state index contributed by atoms with van der Waals surface area (Å²) in [7, 11) is 0. The molecule has 2 aromatic rings. The highest BCUT2D eigenvalue weighted by Crippen LogP contribution is 2.22. The van der Waals surface area contributed by atoms with Gasteiger partial charge in [0.05, 0.1) is 11.6 Å². The molecule has 2 nitrogen and oxygen atoms in total. The summed E-state index contributed by atoms with van der Waals surface area (Å²) < 4.78 is 13.3. The molecule has 1 atom stereocenters. The van der Waals surface area contributed by atoms with Crippen molar-refractivity contribution in [2.45, 2.75) is 19.5 Å². The van der Waals surface area contributed by atoms with E-state index >= 15 is 0 Å². The molecule has 0 spiro atoms. The van der Waals surface area contributed by atoms with Crippen molar-refractivity contribution >= 4 is 11.6 Å². The molecule has 0 radical (unpaired) electrons. The van der Waals surface area contributed by atoms with E-state index in [9.17, 15) is 4.39 Å². The summed E-state index contributed by atoms with van der Waals surface area (Å²) in [6.45, 7) is 2.46. The molecule has 0 aliphatic carbocycles. The molecule has 0 saturated heterocycles. The molecule has 0 saturated carbocycles. The normalized spacial score (nSPS) is 11.9. The number of rotatable bonds is 4. The molecule has 102 valence electrons. The van der Waals surface area contributed by atoms with Crippen LogP contribution in [0.15, 0.2) is 42.5 Å². The van der Waals surface area contributed by atoms with Crippen molar-refractivity contribution in [2.24, 2.45) is 0 Å². The smallest absolute Gasteiger partial charge is 0.124 e. The molecule has 0 heterocycles. The molecule has 0 aliphatic rings. The van der Waals surface area contributed by atoms with Crippen LogP contribution in [0.3, 0.4) is 0 Å². The van der Waals surface area contributed by atoms with Gasteiger partial charge in [-0.2, -0.15) is 5.26 Å². The topological polar surface area (TPSA) is 35.8 Å². The van der Waals surface area contributed by atoms with Crippen LogP contribution in [0.4, 0.5) is 4.39 Å². The van der Waals surface area contributed by atoms with Gasteiger partial charge in [0.2, 0.25) is 0 Å². The molecule has 1 N–H and O–H groups in total. The Labute approximate surface area is 122 Å². The van der Waals surface area contributed by atoms with Crippen molar-refractivity contribution in [3.63, 3.8) is 0 Å². The van der Waals surface area contributed by atoms with Crippen LogP contribution < -0.4 is 5.32 Å². The average Bonchev–Trinajstić information content (AvgIpc) is 2.44. The van der Waals surface area contributed by atoms with Crippen LogP contribution in [0.1, 0.15) is 29.7 Å². The fourth-order valence-corrected chi connectivity index (χ4v) is 2.32. The van der Waals surface area contributed by atoms with Gasteiger partial charge in [0.1, 0.15) is 5.82 Å². The number of hydrogen-bond donors (Lipinski definition) is 1. The summed E-state index contributed by atoms with van der Waals surface area (Å²) >= 11 is 6.13. The minimum atomic E-state index is -0.397. The highest BCUT2D eigenvalue weighted by atomic mass is 35.5. The molecule has 2 aromatic carbocycles. The number of halogens is 2. The lowest BCUT2D eigenvalue weighted by Gasteiger charge is -2.15. The lowest BCUT2D eigenvalue weighted by molar-refractivity contribution is 0.569. The number of nitrogens with zero attached hydrogens (tertiary/aromatic N) is 1. The van der Waals surface area contributed by atoms with E-state index in [-0.39, 0.29) is 6.04 Å². The maximum Gasteiger partial charge on any atom is 0.124 e. The first-order chi connectivity index (χ1) is 9.60. The first-order valence-corrected chi connectivity index (χ1v) is 6.65. The molecule has 0 amide bonds. The number of nitriles is 1. The van der Waals surface area contributed by atoms with Gasteiger partial charge in [-0.15, -0.1) is 0 Å². The van der Waals surface area contributed by atoms with Crippen molar-refractivity contribution in [1.82, 2.24) is 5.32 Å². The largest absolute Gasteiger partial charge is 0.306 e. The average molecular weight is 289 g/mol. The Morgan fingerprint density at radius 1 is 1.30 bits per heavy atom. The van der Waals surface area contributed by atoms with Gasteiger partial charge in [-0.1, -0.05) is 29.8 Å². The molecular formula is C16H14ClFN2. The first-order valence-electron chi connectivity index (χ1n) is 6.27. The van der Waals surface area contributed by atoms with Gasteiger partial charge in [-0.3, -0.25) is 0 Å². The summed E-state index contributed by atoms with van der Waals surface area (Å²) in [4.78, 5) is 0. The van der Waals surface area contributed by atoms with Gasteiger partial charge >= 0.3 is 0 Å². The third kappa shape index (κ3) is 3.57. The molecule has 20 heavy (non-hydrogen) atoms. The zero-order valence-corrected chi connectivity index (χ0v) is 11.8. The van der Waals surface area contributed by atoms with E-state index in [2.05, 4.69) is 5.32 Å². The summed E-state index contributed by atoms with van der Waals surface area (Å²) in [6, 6.07) is 13.9. The molecule has 1 unspecified atom stereocenters. The second-order valence-corrected chi connectivity index (χ2v) is 4.99. The summed E-state index contributed by atoms with van der Waals surface area (Å²) in [6.07, 6.45) is 0. The fourth-order valence-electron chi connectivity index (χ4n) is 2.02. The Bertz CT molecular complexity index is 649. The van der Waals surface area contributed by atoms with E-state index in [0.29, 0.717) is 17.1 Å². The summed E-state index contributed by atoms with van der Waals surface area (Å²) in [5.74, 6) is -0.397. The standard InChI is InChI=1S/C16H14ClFN2/c1-11(15-4-2-3-5-16(15)17)20-10-13-6-12(9-19)7-14(18)8-13/h2-8,11,20H,10H2,1H3. The predicted octanol–water partition coefficient (Wildman–Crippen LogP) is 4.20. The lowest BCUT2D eigenvalue weighted by atomic mass is 10.1. The van der Waals surface area contributed by atoms with Crippen molar-refractivity contribution in [3.05, 3.63) is 70.0 Å². The third-order valence-corrected chi connectivity index (χ3v) is 3.41. The minimum Gasteiger partial charge on any atom is -0.306 e. The predicted molar refractivity (Wildman–Crippen MR) is 77.8 cm³/mol. The number of benzene rings is 2. The molecular weight excluding hydrogens is 275 g/mol. The lowest BCUT2D eigenvalue weighted by Crippen LogP contribution is -2.18. The van der Waals surface area contributed by atoms with Gasteiger partial charge in [0.25, 0.3) is 0 Å². The maximum absolute atomic E-state index is 13.3. The SMILES string of the molecule is CC(NCc1cc(F)cc(C#N)c1)c1ccccc1Cl. The van der Waals surface area contributed by atoms with Crippen LogP contribution in [0.25, 0.3) is 0 Å². The maximum atomic E-state index is 13.3. The van der Waals surface area contributed by atoms with E-state index in [1.807, 2.05) is 37.3 Å². The van der Waals surface area contributed by atoms with Crippen molar-refractivity contribution in [2.75, 3.05) is 0 Å². The Hall–Kier alpha value is -1.89. The van der Waals surface area contributed by atoms with Crippen LogP contribution in [-0.2, 0) is 6.54 Å². The van der Waals surface area contributed by atoms with Crippen LogP contribution >= 0.6 is 11.6 Å². The van der Waals surface area contributed by atoms with E-state index in [4.69, 9.17) is 16.9 Å². The second kappa shape index (κ2) is 6.51. The Morgan fingerprint density at radius 3 is 2.75 bits per heavy atom. The van der Waals surface area contributed by atoms with Crippen molar-refractivity contribution in [3.8, 4) is 6.07 Å². The molecule has 2 rings (SSSR count). The van der Waals surface area contributed by atoms with Crippen LogP contribution in [0.2, 0.25) is 5.02 Å². The van der Waals surface area contributed by atoms with E-state index in [1.54, 1.807) is 6.07 Å². The zero-order chi connectivity index (χ0) is 14.5. The van der Waals surface area contributed by atoms with Gasteiger partial charge in [0, 0.05) is 17.6 Å². The molecule has 0 aromatic heterocycles. The Morgan fingerprint density at radius 2 is 2.05 bits per heavy atom. The number of nitrogens with one attached hydrogen (secondary N) is 1. The molecule has 4 heteroatoms. The summed E-state index contributed by atoms with van der Waals surface area (Å²) in [5.41, 5.74) is 2.05. The quantitative estimate of drug-likeness (QED) is 0.915. The number of hydrogen-bond acceptors (Lipinski definition) is 2. The van der Waals surface area contributed by atoms with Gasteiger partial charge in [-0.25, -0.2) is 4.39 Å². The van der Waals surface area contributed by atoms with Gasteiger partial charge in [0.15, 0.2) is 0 Å². The highest BCUT2D eigenvalue weighted by molar-refractivity contribution is 6.31. The van der Waals surface area contributed by atoms with Gasteiger partial charge < -0.3 is 5.32 Å². The minimum absolute atomic E-state index is 0.0394.